The van der Waals surface area contributed by atoms with Crippen LogP contribution in [-0.2, 0) is 0 Å². The maximum absolute atomic E-state index is 13.5. The molecular weight excluding hydrogens is 254 g/mol. The summed E-state index contributed by atoms with van der Waals surface area (Å²) in [6.07, 6.45) is -0.109. The highest BCUT2D eigenvalue weighted by molar-refractivity contribution is 5.41. The van der Waals surface area contributed by atoms with Gasteiger partial charge in [0.15, 0.2) is 11.6 Å². The predicted octanol–water partition coefficient (Wildman–Crippen LogP) is 3.58. The van der Waals surface area contributed by atoms with Crippen molar-refractivity contribution in [2.75, 3.05) is 0 Å². The van der Waals surface area contributed by atoms with Crippen LogP contribution in [-0.4, -0.2) is 16.3 Å². The first kappa shape index (κ1) is 13.3. The van der Waals surface area contributed by atoms with Crippen LogP contribution in [0.2, 0.25) is 0 Å². The Morgan fingerprint density at radius 1 is 1.26 bits per heavy atom. The lowest BCUT2D eigenvalue weighted by atomic mass is 10.3. The van der Waals surface area contributed by atoms with E-state index in [1.165, 1.54) is 0 Å². The normalized spacial score (nSPS) is 10.8. The van der Waals surface area contributed by atoms with Crippen molar-refractivity contribution in [2.24, 2.45) is 0 Å². The molecule has 2 rings (SSSR count). The molecule has 0 atom stereocenters. The summed E-state index contributed by atoms with van der Waals surface area (Å²) in [5.41, 5.74) is 0.569. The van der Waals surface area contributed by atoms with Gasteiger partial charge in [-0.1, -0.05) is 0 Å². The number of ether oxygens (including phenoxy) is 2. The minimum atomic E-state index is -0.655. The number of rotatable bonds is 4. The second-order valence-corrected chi connectivity index (χ2v) is 4.33. The number of halogens is 2. The Morgan fingerprint density at radius 3 is 2.68 bits per heavy atom. The van der Waals surface area contributed by atoms with Gasteiger partial charge in [-0.15, -0.1) is 5.10 Å². The Kier molecular flexibility index (Phi) is 3.69. The monoisotopic (exact) mass is 268 g/mol. The summed E-state index contributed by atoms with van der Waals surface area (Å²) >= 11 is 0. The summed E-state index contributed by atoms with van der Waals surface area (Å²) in [4.78, 5) is 0. The second kappa shape index (κ2) is 5.26. The van der Waals surface area contributed by atoms with Gasteiger partial charge in [-0.05, 0) is 32.9 Å². The molecule has 102 valence electrons. The molecule has 0 amide bonds. The fraction of sp³-hybridized carbons (Fsp3) is 0.308. The Labute approximate surface area is 109 Å². The van der Waals surface area contributed by atoms with Gasteiger partial charge in [0.2, 0.25) is 5.75 Å². The summed E-state index contributed by atoms with van der Waals surface area (Å²) in [6, 6.07) is 3.00. The number of hydrogen-bond donors (Lipinski definition) is 1. The molecule has 1 heterocycles. The summed E-state index contributed by atoms with van der Waals surface area (Å²) in [7, 11) is 0. The molecule has 6 heteroatoms. The fourth-order valence-electron chi connectivity index (χ4n) is 1.49. The summed E-state index contributed by atoms with van der Waals surface area (Å²) in [5, 5.41) is 6.60. The molecule has 1 aromatic heterocycles. The molecule has 1 aromatic carbocycles. The SMILES string of the molecule is Cc1[nH]nc(OC(C)C)c1Oc1cc(F)ccc1F. The first-order valence-corrected chi connectivity index (χ1v) is 5.82. The molecule has 0 bridgehead atoms. The Morgan fingerprint density at radius 2 is 2.00 bits per heavy atom. The summed E-state index contributed by atoms with van der Waals surface area (Å²) < 4.78 is 37.4. The summed E-state index contributed by atoms with van der Waals surface area (Å²) in [6.45, 7) is 5.36. The van der Waals surface area contributed by atoms with Gasteiger partial charge < -0.3 is 9.47 Å². The zero-order valence-electron chi connectivity index (χ0n) is 10.8. The van der Waals surface area contributed by atoms with Gasteiger partial charge in [0.05, 0.1) is 11.8 Å². The van der Waals surface area contributed by atoms with Crippen molar-refractivity contribution >= 4 is 0 Å². The van der Waals surface area contributed by atoms with Gasteiger partial charge in [-0.2, -0.15) is 0 Å². The van der Waals surface area contributed by atoms with Crippen LogP contribution in [0.3, 0.4) is 0 Å². The molecule has 0 radical (unpaired) electrons. The standard InChI is InChI=1S/C13H14F2N2O2/c1-7(2)18-13-12(8(3)16-17-13)19-11-6-9(14)4-5-10(11)15/h4-7H,1-3H3,(H,16,17). The highest BCUT2D eigenvalue weighted by atomic mass is 19.1. The van der Waals surface area contributed by atoms with Crippen molar-refractivity contribution < 1.29 is 18.3 Å². The van der Waals surface area contributed by atoms with Gasteiger partial charge in [0, 0.05) is 6.07 Å². The molecule has 0 aliphatic heterocycles. The van der Waals surface area contributed by atoms with E-state index >= 15 is 0 Å². The highest BCUT2D eigenvalue weighted by Crippen LogP contribution is 2.34. The van der Waals surface area contributed by atoms with E-state index in [0.717, 1.165) is 18.2 Å². The molecule has 2 aromatic rings. The predicted molar refractivity (Wildman–Crippen MR) is 65.5 cm³/mol. The zero-order valence-corrected chi connectivity index (χ0v) is 10.8. The molecule has 0 saturated carbocycles. The maximum atomic E-state index is 13.5. The smallest absolute Gasteiger partial charge is 0.276 e. The Hall–Kier alpha value is -2.11. The van der Waals surface area contributed by atoms with E-state index in [1.807, 2.05) is 13.8 Å². The fourth-order valence-corrected chi connectivity index (χ4v) is 1.49. The summed E-state index contributed by atoms with van der Waals surface area (Å²) in [5.74, 6) is -0.978. The van der Waals surface area contributed by atoms with Crippen molar-refractivity contribution in [3.8, 4) is 17.4 Å². The molecule has 0 spiro atoms. The number of nitrogens with one attached hydrogen (secondary N) is 1. The van der Waals surface area contributed by atoms with E-state index in [9.17, 15) is 8.78 Å². The van der Waals surface area contributed by atoms with E-state index in [-0.39, 0.29) is 23.5 Å². The molecular formula is C13H14F2N2O2. The zero-order chi connectivity index (χ0) is 14.0. The van der Waals surface area contributed by atoms with Gasteiger partial charge in [0.1, 0.15) is 5.82 Å². The quantitative estimate of drug-likeness (QED) is 0.922. The van der Waals surface area contributed by atoms with Gasteiger partial charge in [0.25, 0.3) is 5.88 Å². The average molecular weight is 268 g/mol. The van der Waals surface area contributed by atoms with Crippen LogP contribution >= 0.6 is 0 Å². The van der Waals surface area contributed by atoms with Crippen LogP contribution in [0, 0.1) is 18.6 Å². The van der Waals surface area contributed by atoms with Crippen LogP contribution in [0.4, 0.5) is 8.78 Å². The van der Waals surface area contributed by atoms with Crippen molar-refractivity contribution in [1.82, 2.24) is 10.2 Å². The first-order chi connectivity index (χ1) is 8.97. The number of hydrogen-bond acceptors (Lipinski definition) is 3. The van der Waals surface area contributed by atoms with Crippen LogP contribution < -0.4 is 9.47 Å². The Bertz CT molecular complexity index is 582. The van der Waals surface area contributed by atoms with Crippen molar-refractivity contribution in [3.05, 3.63) is 35.5 Å². The average Bonchev–Trinajstić information content (AvgIpc) is 2.65. The lowest BCUT2D eigenvalue weighted by molar-refractivity contribution is 0.223. The largest absolute Gasteiger partial charge is 0.471 e. The molecule has 0 unspecified atom stereocenters. The van der Waals surface area contributed by atoms with Crippen LogP contribution in [0.5, 0.6) is 17.4 Å². The van der Waals surface area contributed by atoms with Crippen molar-refractivity contribution in [1.29, 1.82) is 0 Å². The Balaban J connectivity index is 2.32. The van der Waals surface area contributed by atoms with Crippen molar-refractivity contribution in [2.45, 2.75) is 26.9 Å². The number of benzene rings is 1. The van der Waals surface area contributed by atoms with Crippen LogP contribution in [0.25, 0.3) is 0 Å². The lowest BCUT2D eigenvalue weighted by Crippen LogP contribution is -2.06. The molecule has 1 N–H and O–H groups in total. The molecule has 0 aliphatic rings. The lowest BCUT2D eigenvalue weighted by Gasteiger charge is -2.10. The highest BCUT2D eigenvalue weighted by Gasteiger charge is 2.17. The number of aromatic nitrogens is 2. The molecule has 0 fully saturated rings. The first-order valence-electron chi connectivity index (χ1n) is 5.82. The third-order valence-electron chi connectivity index (χ3n) is 2.31. The van der Waals surface area contributed by atoms with E-state index in [0.29, 0.717) is 5.69 Å². The van der Waals surface area contributed by atoms with Gasteiger partial charge in [-0.3, -0.25) is 5.10 Å². The van der Waals surface area contributed by atoms with Gasteiger partial charge >= 0.3 is 0 Å². The minimum Gasteiger partial charge on any atom is -0.471 e. The number of aryl methyl sites for hydroxylation is 1. The number of H-pyrrole nitrogens is 1. The molecule has 0 aliphatic carbocycles. The van der Waals surface area contributed by atoms with Crippen molar-refractivity contribution in [3.63, 3.8) is 0 Å². The third kappa shape index (κ3) is 3.01. The number of nitrogens with zero attached hydrogens (tertiary/aromatic N) is 1. The van der Waals surface area contributed by atoms with Crippen LogP contribution in [0.1, 0.15) is 19.5 Å². The second-order valence-electron chi connectivity index (χ2n) is 4.33. The molecule has 0 saturated heterocycles. The topological polar surface area (TPSA) is 47.1 Å². The van der Waals surface area contributed by atoms with E-state index in [2.05, 4.69) is 10.2 Å². The van der Waals surface area contributed by atoms with Gasteiger partial charge in [-0.25, -0.2) is 8.78 Å². The maximum Gasteiger partial charge on any atom is 0.276 e. The molecule has 4 nitrogen and oxygen atoms in total. The third-order valence-corrected chi connectivity index (χ3v) is 2.31. The number of aromatic amines is 1. The van der Waals surface area contributed by atoms with Crippen LogP contribution in [0.15, 0.2) is 18.2 Å². The van der Waals surface area contributed by atoms with E-state index in [4.69, 9.17) is 9.47 Å². The minimum absolute atomic E-state index is 0.109. The van der Waals surface area contributed by atoms with E-state index in [1.54, 1.807) is 6.92 Å². The van der Waals surface area contributed by atoms with E-state index < -0.39 is 11.6 Å². The molecule has 19 heavy (non-hydrogen) atoms.